The van der Waals surface area contributed by atoms with Gasteiger partial charge in [0.25, 0.3) is 0 Å². The van der Waals surface area contributed by atoms with Crippen molar-refractivity contribution in [3.63, 3.8) is 0 Å². The van der Waals surface area contributed by atoms with E-state index in [0.717, 1.165) is 5.69 Å². The number of hydrogen-bond acceptors (Lipinski definition) is 5. The molecular formula is C18H16FN5O2. The van der Waals surface area contributed by atoms with Crippen molar-refractivity contribution >= 4 is 11.6 Å². The Morgan fingerprint density at radius 1 is 1.19 bits per heavy atom. The number of amides is 1. The summed E-state index contributed by atoms with van der Waals surface area (Å²) in [4.78, 5) is 20.5. The summed E-state index contributed by atoms with van der Waals surface area (Å²) < 4.78 is 20.7. The maximum absolute atomic E-state index is 13.2. The SMILES string of the molecule is O=C(Nc1cncnc1)[C@H]1CCO[C@@H]1c1ccnn1-c1ccc(F)cc1. The van der Waals surface area contributed by atoms with E-state index in [1.54, 1.807) is 35.4 Å². The molecule has 2 atom stereocenters. The standard InChI is InChI=1S/C18H16FN5O2/c19-12-1-3-14(4-2-12)24-16(5-7-22-24)17-15(6-8-26-17)18(25)23-13-9-20-11-21-10-13/h1-5,7,9-11,15,17H,6,8H2,(H,23,25)/t15-,17-/m0/s1. The zero-order valence-corrected chi connectivity index (χ0v) is 13.7. The molecule has 1 fully saturated rings. The molecule has 4 rings (SSSR count). The van der Waals surface area contributed by atoms with Crippen LogP contribution in [0.15, 0.2) is 55.2 Å². The van der Waals surface area contributed by atoms with Crippen LogP contribution in [0.2, 0.25) is 0 Å². The van der Waals surface area contributed by atoms with Crippen molar-refractivity contribution in [2.75, 3.05) is 11.9 Å². The molecule has 0 unspecified atom stereocenters. The fraction of sp³-hybridized carbons (Fsp3) is 0.222. The Labute approximate surface area is 148 Å². The number of carbonyl (C=O) groups excluding carboxylic acids is 1. The Hall–Kier alpha value is -3.13. The zero-order chi connectivity index (χ0) is 17.9. The van der Waals surface area contributed by atoms with Crippen LogP contribution in [0.1, 0.15) is 18.2 Å². The second kappa shape index (κ2) is 7.01. The minimum absolute atomic E-state index is 0.158. The zero-order valence-electron chi connectivity index (χ0n) is 13.7. The van der Waals surface area contributed by atoms with Gasteiger partial charge in [-0.2, -0.15) is 5.10 Å². The van der Waals surface area contributed by atoms with Gasteiger partial charge in [0.05, 0.1) is 35.4 Å². The molecule has 2 aromatic heterocycles. The Kier molecular flexibility index (Phi) is 4.40. The van der Waals surface area contributed by atoms with Crippen molar-refractivity contribution in [1.29, 1.82) is 0 Å². The van der Waals surface area contributed by atoms with E-state index in [9.17, 15) is 9.18 Å². The fourth-order valence-electron chi connectivity index (χ4n) is 3.08. The minimum Gasteiger partial charge on any atom is -0.371 e. The molecular weight excluding hydrogens is 337 g/mol. The Morgan fingerprint density at radius 3 is 2.73 bits per heavy atom. The van der Waals surface area contributed by atoms with E-state index in [4.69, 9.17) is 4.74 Å². The molecule has 1 N–H and O–H groups in total. The van der Waals surface area contributed by atoms with Gasteiger partial charge in [0.15, 0.2) is 0 Å². The molecule has 0 spiro atoms. The predicted molar refractivity (Wildman–Crippen MR) is 91.0 cm³/mol. The number of ether oxygens (including phenoxy) is 1. The van der Waals surface area contributed by atoms with Crippen molar-refractivity contribution in [1.82, 2.24) is 19.7 Å². The molecule has 3 heterocycles. The van der Waals surface area contributed by atoms with Crippen molar-refractivity contribution in [2.24, 2.45) is 5.92 Å². The predicted octanol–water partition coefficient (Wildman–Crippen LogP) is 2.52. The highest BCUT2D eigenvalue weighted by Gasteiger charge is 2.37. The fourth-order valence-corrected chi connectivity index (χ4v) is 3.08. The largest absolute Gasteiger partial charge is 0.371 e. The van der Waals surface area contributed by atoms with Crippen molar-refractivity contribution < 1.29 is 13.9 Å². The van der Waals surface area contributed by atoms with Crippen LogP contribution in [0.4, 0.5) is 10.1 Å². The molecule has 1 aliphatic rings. The number of nitrogens with zero attached hydrogens (tertiary/aromatic N) is 4. The lowest BCUT2D eigenvalue weighted by Crippen LogP contribution is -2.26. The van der Waals surface area contributed by atoms with Gasteiger partial charge in [-0.15, -0.1) is 0 Å². The molecule has 8 heteroatoms. The van der Waals surface area contributed by atoms with Gasteiger partial charge in [-0.05, 0) is 36.8 Å². The first kappa shape index (κ1) is 16.3. The number of rotatable bonds is 4. The number of hydrogen-bond donors (Lipinski definition) is 1. The third-order valence-corrected chi connectivity index (χ3v) is 4.29. The summed E-state index contributed by atoms with van der Waals surface area (Å²) >= 11 is 0. The number of carbonyl (C=O) groups is 1. The smallest absolute Gasteiger partial charge is 0.230 e. The van der Waals surface area contributed by atoms with Crippen LogP contribution < -0.4 is 5.32 Å². The molecule has 1 amide bonds. The second-order valence-corrected chi connectivity index (χ2v) is 5.95. The van der Waals surface area contributed by atoms with Gasteiger partial charge in [0.2, 0.25) is 5.91 Å². The molecule has 3 aromatic rings. The van der Waals surface area contributed by atoms with Crippen LogP contribution in [0.5, 0.6) is 0 Å². The maximum Gasteiger partial charge on any atom is 0.230 e. The lowest BCUT2D eigenvalue weighted by molar-refractivity contribution is -0.121. The summed E-state index contributed by atoms with van der Waals surface area (Å²) in [7, 11) is 0. The summed E-state index contributed by atoms with van der Waals surface area (Å²) in [6.45, 7) is 0.475. The van der Waals surface area contributed by atoms with Gasteiger partial charge < -0.3 is 10.1 Å². The summed E-state index contributed by atoms with van der Waals surface area (Å²) in [6.07, 6.45) is 6.28. The number of halogens is 1. The van der Waals surface area contributed by atoms with Crippen LogP contribution >= 0.6 is 0 Å². The van der Waals surface area contributed by atoms with E-state index >= 15 is 0 Å². The van der Waals surface area contributed by atoms with Gasteiger partial charge in [-0.3, -0.25) is 4.79 Å². The van der Waals surface area contributed by atoms with E-state index in [1.807, 2.05) is 6.07 Å². The molecule has 1 aliphatic heterocycles. The summed E-state index contributed by atoms with van der Waals surface area (Å²) in [5.41, 5.74) is 1.99. The van der Waals surface area contributed by atoms with Gasteiger partial charge in [0.1, 0.15) is 18.2 Å². The van der Waals surface area contributed by atoms with Crippen molar-refractivity contribution in [3.8, 4) is 5.69 Å². The Balaban J connectivity index is 1.58. The molecule has 7 nitrogen and oxygen atoms in total. The van der Waals surface area contributed by atoms with Crippen molar-refractivity contribution in [3.05, 3.63) is 66.8 Å². The van der Waals surface area contributed by atoms with E-state index in [-0.39, 0.29) is 17.6 Å². The molecule has 0 radical (unpaired) electrons. The topological polar surface area (TPSA) is 81.9 Å². The Morgan fingerprint density at radius 2 is 1.96 bits per heavy atom. The van der Waals surface area contributed by atoms with Crippen LogP contribution in [0, 0.1) is 11.7 Å². The van der Waals surface area contributed by atoms with Gasteiger partial charge in [-0.25, -0.2) is 19.0 Å². The van der Waals surface area contributed by atoms with Crippen LogP contribution in [-0.4, -0.2) is 32.3 Å². The normalized spacial score (nSPS) is 19.4. The van der Waals surface area contributed by atoms with E-state index in [0.29, 0.717) is 24.4 Å². The van der Waals surface area contributed by atoms with Gasteiger partial charge in [-0.1, -0.05) is 0 Å². The maximum atomic E-state index is 13.2. The monoisotopic (exact) mass is 353 g/mol. The van der Waals surface area contributed by atoms with Crippen molar-refractivity contribution in [2.45, 2.75) is 12.5 Å². The van der Waals surface area contributed by atoms with Crippen LogP contribution in [-0.2, 0) is 9.53 Å². The van der Waals surface area contributed by atoms with Crippen LogP contribution in [0.25, 0.3) is 5.69 Å². The third-order valence-electron chi connectivity index (χ3n) is 4.29. The van der Waals surface area contributed by atoms with Gasteiger partial charge >= 0.3 is 0 Å². The third kappa shape index (κ3) is 3.18. The van der Waals surface area contributed by atoms with E-state index in [2.05, 4.69) is 20.4 Å². The van der Waals surface area contributed by atoms with Gasteiger partial charge in [0, 0.05) is 12.8 Å². The molecule has 1 aromatic carbocycles. The molecule has 0 bridgehead atoms. The molecule has 132 valence electrons. The first-order chi connectivity index (χ1) is 12.7. The van der Waals surface area contributed by atoms with E-state index < -0.39 is 6.10 Å². The molecule has 0 saturated carbocycles. The number of aromatic nitrogens is 4. The number of anilines is 1. The lowest BCUT2D eigenvalue weighted by Gasteiger charge is -2.19. The van der Waals surface area contributed by atoms with E-state index in [1.165, 1.54) is 18.5 Å². The minimum atomic E-state index is -0.438. The number of nitrogens with one attached hydrogen (secondary N) is 1. The summed E-state index contributed by atoms with van der Waals surface area (Å²) in [5.74, 6) is -0.845. The average molecular weight is 353 g/mol. The quantitative estimate of drug-likeness (QED) is 0.779. The lowest BCUT2D eigenvalue weighted by atomic mass is 9.97. The molecule has 26 heavy (non-hydrogen) atoms. The number of benzene rings is 1. The summed E-state index contributed by atoms with van der Waals surface area (Å²) in [6, 6.07) is 7.82. The molecule has 0 aliphatic carbocycles. The highest BCUT2D eigenvalue weighted by molar-refractivity contribution is 5.92. The second-order valence-electron chi connectivity index (χ2n) is 5.95. The van der Waals surface area contributed by atoms with Crippen LogP contribution in [0.3, 0.4) is 0 Å². The molecule has 1 saturated heterocycles. The first-order valence-corrected chi connectivity index (χ1v) is 8.20. The summed E-state index contributed by atoms with van der Waals surface area (Å²) in [5, 5.41) is 7.12. The first-order valence-electron chi connectivity index (χ1n) is 8.20. The highest BCUT2D eigenvalue weighted by Crippen LogP contribution is 2.36. The average Bonchev–Trinajstić information content (AvgIpc) is 3.32. The highest BCUT2D eigenvalue weighted by atomic mass is 19.1. The Bertz CT molecular complexity index is 897.